The summed E-state index contributed by atoms with van der Waals surface area (Å²) in [6, 6.07) is 15.0. The second-order valence-electron chi connectivity index (χ2n) is 17.5. The Morgan fingerprint density at radius 2 is 1.67 bits per heavy atom. The van der Waals surface area contributed by atoms with Gasteiger partial charge in [0.2, 0.25) is 23.6 Å². The molecule has 66 heavy (non-hydrogen) atoms. The SMILES string of the molecule is Cc1cc2c(s1)-n1c(C)nnc1[C@H](CC(=O)NCCOCCCOCC(=O)N[C@@H](C(=O)N1C[C@H](O)C[C@H]1C(=O)NCc1ccc(-c3scnc3C)cc1)C(C)(C)C)N=C2c1ccc(Cl)cc1. The monoisotopic (exact) mass is 957 g/mol. The Labute approximate surface area is 397 Å². The molecule has 350 valence electrons. The molecule has 0 radical (unpaired) electrons. The van der Waals surface area contributed by atoms with Gasteiger partial charge in [0, 0.05) is 60.3 Å². The zero-order valence-corrected chi connectivity index (χ0v) is 40.3. The first-order chi connectivity index (χ1) is 31.6. The number of nitrogens with zero attached hydrogens (tertiary/aromatic N) is 6. The zero-order valence-electron chi connectivity index (χ0n) is 37.9. The number of halogens is 1. The van der Waals surface area contributed by atoms with Crippen LogP contribution in [0.25, 0.3) is 15.4 Å². The van der Waals surface area contributed by atoms with Gasteiger partial charge in [-0.05, 0) is 61.9 Å². The maximum atomic E-state index is 14.0. The van der Waals surface area contributed by atoms with E-state index in [1.807, 2.05) is 100 Å². The lowest BCUT2D eigenvalue weighted by Gasteiger charge is -2.35. The molecule has 3 aromatic heterocycles. The summed E-state index contributed by atoms with van der Waals surface area (Å²) in [6.07, 6.45) is -0.243. The quantitative estimate of drug-likeness (QED) is 0.0795. The predicted octanol–water partition coefficient (Wildman–Crippen LogP) is 5.66. The molecular weight excluding hydrogens is 902 g/mol. The molecule has 4 amide bonds. The van der Waals surface area contributed by atoms with E-state index >= 15 is 0 Å². The van der Waals surface area contributed by atoms with Crippen LogP contribution in [0, 0.1) is 26.2 Å². The number of rotatable bonds is 18. The van der Waals surface area contributed by atoms with Crippen LogP contribution in [0.4, 0.5) is 0 Å². The largest absolute Gasteiger partial charge is 0.391 e. The van der Waals surface area contributed by atoms with Crippen LogP contribution in [0.15, 0.2) is 65.1 Å². The van der Waals surface area contributed by atoms with E-state index in [9.17, 15) is 24.3 Å². The van der Waals surface area contributed by atoms with Gasteiger partial charge in [-0.1, -0.05) is 68.8 Å². The van der Waals surface area contributed by atoms with E-state index in [1.54, 1.807) is 22.7 Å². The normalized spacial score (nSPS) is 17.4. The molecule has 2 aromatic carbocycles. The number of hydrogen-bond donors (Lipinski definition) is 4. The van der Waals surface area contributed by atoms with E-state index in [4.69, 9.17) is 26.1 Å². The Hall–Kier alpha value is -5.37. The molecule has 0 bridgehead atoms. The third-order valence-corrected chi connectivity index (χ3v) is 13.6. The van der Waals surface area contributed by atoms with Crippen LogP contribution in [0.3, 0.4) is 0 Å². The number of β-amino-alcohol motifs (C(OH)–C–C–N with tert-alkyl or cyclic N) is 1. The standard InChI is InChI=1S/C47H56ClN9O7S2/c1-27-20-35-40(31-12-14-33(48)15-13-31)52-36(43-55-54-29(3)57(43)46(35)66-27)22-38(59)49-16-19-63-17-7-18-64-25-39(60)53-42(47(4,5)6)45(62)56-24-34(58)21-37(56)44(61)50-23-30-8-10-32(11-9-30)41-28(2)51-26-65-41/h8-15,20,26,34,36-37,42,58H,7,16-19,21-25H2,1-6H3,(H,49,59)(H,50,61)(H,53,60)/t34-,36+,37+,42+/m1/s1. The van der Waals surface area contributed by atoms with Gasteiger partial charge < -0.3 is 35.4 Å². The fourth-order valence-electron chi connectivity index (χ4n) is 7.96. The van der Waals surface area contributed by atoms with Crippen molar-refractivity contribution in [2.24, 2.45) is 10.4 Å². The number of aliphatic hydroxyl groups is 1. The van der Waals surface area contributed by atoms with E-state index in [0.29, 0.717) is 29.7 Å². The highest BCUT2D eigenvalue weighted by Crippen LogP contribution is 2.37. The maximum absolute atomic E-state index is 14.0. The first kappa shape index (κ1) is 48.6. The van der Waals surface area contributed by atoms with Gasteiger partial charge in [0.25, 0.3) is 0 Å². The number of thiophene rings is 1. The molecule has 4 N–H and O–H groups in total. The molecule has 1 fully saturated rings. The summed E-state index contributed by atoms with van der Waals surface area (Å²) < 4.78 is 13.3. The molecule has 1 saturated heterocycles. The van der Waals surface area contributed by atoms with Crippen LogP contribution in [-0.2, 0) is 35.2 Å². The number of carbonyl (C=O) groups excluding carboxylic acids is 4. The van der Waals surface area contributed by atoms with Gasteiger partial charge in [0.1, 0.15) is 35.6 Å². The molecule has 16 nitrogen and oxygen atoms in total. The lowest BCUT2D eigenvalue weighted by atomic mass is 9.85. The third-order valence-electron chi connectivity index (χ3n) is 11.3. The van der Waals surface area contributed by atoms with Crippen molar-refractivity contribution in [1.29, 1.82) is 0 Å². The number of aromatic nitrogens is 4. The van der Waals surface area contributed by atoms with Crippen LogP contribution in [0.5, 0.6) is 0 Å². The Morgan fingerprint density at radius 1 is 0.939 bits per heavy atom. The highest BCUT2D eigenvalue weighted by molar-refractivity contribution is 7.15. The summed E-state index contributed by atoms with van der Waals surface area (Å²) in [5, 5.41) is 29.6. The molecule has 2 aliphatic rings. The summed E-state index contributed by atoms with van der Waals surface area (Å²) in [6.45, 7) is 12.4. The van der Waals surface area contributed by atoms with Gasteiger partial charge in [-0.2, -0.15) is 0 Å². The molecule has 0 unspecified atom stereocenters. The van der Waals surface area contributed by atoms with Crippen LogP contribution < -0.4 is 16.0 Å². The minimum atomic E-state index is -0.976. The third kappa shape index (κ3) is 11.8. The van der Waals surface area contributed by atoms with Gasteiger partial charge in [-0.15, -0.1) is 32.9 Å². The molecule has 7 rings (SSSR count). The van der Waals surface area contributed by atoms with Crippen molar-refractivity contribution >= 4 is 63.6 Å². The highest BCUT2D eigenvalue weighted by Gasteiger charge is 2.44. The Kier molecular flexibility index (Phi) is 15.8. The molecule has 0 spiro atoms. The van der Waals surface area contributed by atoms with Crippen molar-refractivity contribution in [2.45, 2.75) is 91.6 Å². The number of fused-ring (bicyclic) bond motifs is 3. The first-order valence-electron chi connectivity index (χ1n) is 21.9. The minimum Gasteiger partial charge on any atom is -0.391 e. The number of nitrogens with one attached hydrogen (secondary N) is 3. The topological polar surface area (TPSA) is 202 Å². The molecular formula is C47H56ClN9O7S2. The average molecular weight is 959 g/mol. The van der Waals surface area contributed by atoms with Crippen molar-refractivity contribution in [1.82, 2.24) is 40.6 Å². The highest BCUT2D eigenvalue weighted by atomic mass is 35.5. The summed E-state index contributed by atoms with van der Waals surface area (Å²) >= 11 is 9.39. The average Bonchev–Trinajstić information content (AvgIpc) is 4.07. The molecule has 5 aromatic rings. The Bertz CT molecular complexity index is 2550. The van der Waals surface area contributed by atoms with Crippen LogP contribution in [-0.4, -0.2) is 117 Å². The van der Waals surface area contributed by atoms with Crippen LogP contribution >= 0.6 is 34.3 Å². The molecule has 0 aliphatic carbocycles. The number of aryl methyl sites for hydroxylation is 3. The Balaban J connectivity index is 0.825. The zero-order chi connectivity index (χ0) is 47.1. The number of carbonyl (C=O) groups is 4. The summed E-state index contributed by atoms with van der Waals surface area (Å²) in [7, 11) is 0. The number of hydrogen-bond acceptors (Lipinski definition) is 13. The summed E-state index contributed by atoms with van der Waals surface area (Å²) in [4.78, 5) is 66.7. The number of aliphatic hydroxyl groups excluding tert-OH is 1. The summed E-state index contributed by atoms with van der Waals surface area (Å²) in [5.41, 5.74) is 6.58. The van der Waals surface area contributed by atoms with Crippen LogP contribution in [0.2, 0.25) is 5.02 Å². The molecule has 4 atom stereocenters. The maximum Gasteiger partial charge on any atom is 0.246 e. The number of aliphatic imine (C=N–C) groups is 1. The Morgan fingerprint density at radius 3 is 2.38 bits per heavy atom. The minimum absolute atomic E-state index is 0.0244. The lowest BCUT2D eigenvalue weighted by Crippen LogP contribution is -2.58. The van der Waals surface area contributed by atoms with Crippen LogP contribution in [0.1, 0.15) is 85.0 Å². The van der Waals surface area contributed by atoms with Crippen molar-refractivity contribution in [3.8, 4) is 15.4 Å². The number of benzene rings is 2. The van der Waals surface area contributed by atoms with E-state index in [2.05, 4.69) is 37.2 Å². The van der Waals surface area contributed by atoms with E-state index in [0.717, 1.165) is 48.4 Å². The number of amides is 4. The molecule has 2 aliphatic heterocycles. The number of ether oxygens (including phenoxy) is 2. The van der Waals surface area contributed by atoms with E-state index in [-0.39, 0.29) is 64.1 Å². The smallest absolute Gasteiger partial charge is 0.246 e. The molecule has 0 saturated carbocycles. The van der Waals surface area contributed by atoms with Gasteiger partial charge in [-0.25, -0.2) is 4.98 Å². The fourth-order valence-corrected chi connectivity index (χ4v) is 9.97. The predicted molar refractivity (Wildman–Crippen MR) is 254 cm³/mol. The molecule has 19 heteroatoms. The fraction of sp³-hybridized carbons (Fsp3) is 0.447. The number of likely N-dealkylation sites (tertiary alicyclic amines) is 1. The lowest BCUT2D eigenvalue weighted by molar-refractivity contribution is -0.144. The van der Waals surface area contributed by atoms with Crippen molar-refractivity contribution in [3.05, 3.63) is 104 Å². The molecule has 5 heterocycles. The van der Waals surface area contributed by atoms with E-state index < -0.39 is 41.5 Å². The van der Waals surface area contributed by atoms with Gasteiger partial charge in [0.05, 0.1) is 40.9 Å². The second kappa shape index (κ2) is 21.5. The van der Waals surface area contributed by atoms with Crippen molar-refractivity contribution in [3.63, 3.8) is 0 Å². The van der Waals surface area contributed by atoms with Gasteiger partial charge in [0.15, 0.2) is 5.82 Å². The second-order valence-corrected chi connectivity index (χ2v) is 20.1. The van der Waals surface area contributed by atoms with E-state index in [1.165, 1.54) is 4.90 Å². The first-order valence-corrected chi connectivity index (χ1v) is 24.0. The van der Waals surface area contributed by atoms with Gasteiger partial charge in [-0.3, -0.25) is 28.7 Å². The van der Waals surface area contributed by atoms with Crippen molar-refractivity contribution in [2.75, 3.05) is 39.5 Å². The number of thiazole rings is 1. The van der Waals surface area contributed by atoms with Crippen molar-refractivity contribution < 1.29 is 33.8 Å². The summed E-state index contributed by atoms with van der Waals surface area (Å²) in [5.74, 6) is -0.220. The van der Waals surface area contributed by atoms with Gasteiger partial charge >= 0.3 is 0 Å².